The fourth-order valence-electron chi connectivity index (χ4n) is 4.38. The van der Waals surface area contributed by atoms with Gasteiger partial charge in [-0.3, -0.25) is 13.7 Å². The smallest absolute Gasteiger partial charge is 0.340 e. The molecular weight excluding hydrogens is 555 g/mol. The Morgan fingerprint density at radius 3 is 2.40 bits per heavy atom. The number of nitrogens with two attached hydrogens (primary N) is 1. The first-order valence-corrected chi connectivity index (χ1v) is 14.4. The van der Waals surface area contributed by atoms with Crippen LogP contribution < -0.4 is 15.4 Å². The molecule has 11 heteroatoms. The molecule has 0 atom stereocenters. The lowest BCUT2D eigenvalue weighted by atomic mass is 10.0. The van der Waals surface area contributed by atoms with Gasteiger partial charge in [-0.25, -0.2) is 4.79 Å². The molecule has 0 radical (unpaired) electrons. The molecule has 0 aliphatic carbocycles. The van der Waals surface area contributed by atoms with E-state index >= 15 is 0 Å². The maximum absolute atomic E-state index is 13.7. The van der Waals surface area contributed by atoms with Crippen LogP contribution in [-0.2, 0) is 9.53 Å². The zero-order chi connectivity index (χ0) is 29.4. The molecule has 3 aromatic rings. The standard InChI is InChI=1S/C29H38ClFN4O4S/c1-29(2,3)39-28(37)22-18-35(40-31)24-17-23(30)20(16-21(22)24)19-13-14-25(33-27(19)38-5)34(4)26(36)12-10-8-6-7-9-11-15-32/h13-14,16-18H,6-12,15,32H2,1-5H3. The van der Waals surface area contributed by atoms with Crippen molar-refractivity contribution in [3.63, 3.8) is 0 Å². The lowest BCUT2D eigenvalue weighted by molar-refractivity contribution is -0.118. The lowest BCUT2D eigenvalue weighted by Crippen LogP contribution is -2.26. The number of anilines is 1. The highest BCUT2D eigenvalue weighted by molar-refractivity contribution is 7.92. The van der Waals surface area contributed by atoms with Crippen LogP contribution in [0.1, 0.15) is 76.1 Å². The Labute approximate surface area is 244 Å². The second-order valence-electron chi connectivity index (χ2n) is 10.6. The van der Waals surface area contributed by atoms with Crippen molar-refractivity contribution in [3.05, 3.63) is 41.0 Å². The molecule has 0 saturated carbocycles. The third-order valence-electron chi connectivity index (χ3n) is 6.44. The van der Waals surface area contributed by atoms with Crippen LogP contribution in [-0.4, -0.2) is 47.1 Å². The SMILES string of the molecule is COc1nc(N(C)C(=O)CCCCCCCCN)ccc1-c1cc2c(C(=O)OC(C)(C)C)cn(SF)c2cc1Cl. The summed E-state index contributed by atoms with van der Waals surface area (Å²) in [5, 5.41) is 0.792. The number of halogens is 2. The highest BCUT2D eigenvalue weighted by Gasteiger charge is 2.25. The zero-order valence-electron chi connectivity index (χ0n) is 23.8. The minimum absolute atomic E-state index is 0.0317. The van der Waals surface area contributed by atoms with E-state index in [1.165, 1.54) is 22.2 Å². The quantitative estimate of drug-likeness (QED) is 0.163. The number of methoxy groups -OCH3 is 1. The number of esters is 1. The van der Waals surface area contributed by atoms with E-state index in [9.17, 15) is 13.5 Å². The predicted molar refractivity (Wildman–Crippen MR) is 161 cm³/mol. The first-order chi connectivity index (χ1) is 19.0. The van der Waals surface area contributed by atoms with Gasteiger partial charge in [0.25, 0.3) is 0 Å². The van der Waals surface area contributed by atoms with Crippen molar-refractivity contribution in [2.75, 3.05) is 25.6 Å². The molecule has 0 unspecified atom stereocenters. The number of aromatic nitrogens is 2. The fourth-order valence-corrected chi connectivity index (χ4v) is 5.01. The topological polar surface area (TPSA) is 99.7 Å². The molecule has 1 aromatic carbocycles. The molecule has 0 aliphatic heterocycles. The lowest BCUT2D eigenvalue weighted by Gasteiger charge is -2.19. The van der Waals surface area contributed by atoms with Crippen LogP contribution in [0.5, 0.6) is 5.88 Å². The van der Waals surface area contributed by atoms with Crippen molar-refractivity contribution in [2.24, 2.45) is 5.73 Å². The Morgan fingerprint density at radius 2 is 1.77 bits per heavy atom. The van der Waals surface area contributed by atoms with E-state index in [0.29, 0.717) is 39.3 Å². The van der Waals surface area contributed by atoms with Gasteiger partial charge < -0.3 is 15.2 Å². The molecule has 218 valence electrons. The summed E-state index contributed by atoms with van der Waals surface area (Å²) in [4.78, 5) is 31.8. The van der Waals surface area contributed by atoms with Crippen LogP contribution in [0, 0.1) is 0 Å². The number of rotatable bonds is 13. The maximum Gasteiger partial charge on any atom is 0.340 e. The summed E-state index contributed by atoms with van der Waals surface area (Å²) in [7, 11) is 3.17. The third kappa shape index (κ3) is 7.89. The van der Waals surface area contributed by atoms with Crippen LogP contribution in [0.25, 0.3) is 22.0 Å². The molecule has 0 spiro atoms. The first-order valence-electron chi connectivity index (χ1n) is 13.4. The summed E-state index contributed by atoms with van der Waals surface area (Å²) in [5.74, 6) is 0.0991. The molecular formula is C29H38ClFN4O4S. The van der Waals surface area contributed by atoms with Gasteiger partial charge in [-0.2, -0.15) is 4.98 Å². The maximum atomic E-state index is 13.7. The molecule has 2 aromatic heterocycles. The van der Waals surface area contributed by atoms with Crippen molar-refractivity contribution < 1.29 is 22.9 Å². The van der Waals surface area contributed by atoms with E-state index in [4.69, 9.17) is 26.8 Å². The van der Waals surface area contributed by atoms with Gasteiger partial charge >= 0.3 is 5.97 Å². The number of nitrogens with zero attached hydrogens (tertiary/aromatic N) is 3. The van der Waals surface area contributed by atoms with Crippen molar-refractivity contribution in [3.8, 4) is 17.0 Å². The molecule has 40 heavy (non-hydrogen) atoms. The van der Waals surface area contributed by atoms with Gasteiger partial charge in [-0.1, -0.05) is 37.3 Å². The van der Waals surface area contributed by atoms with Crippen molar-refractivity contribution in [2.45, 2.75) is 71.3 Å². The Morgan fingerprint density at radius 1 is 1.10 bits per heavy atom. The Kier molecular flexibility index (Phi) is 11.2. The zero-order valence-corrected chi connectivity index (χ0v) is 25.3. The summed E-state index contributed by atoms with van der Waals surface area (Å²) in [6.45, 7) is 6.02. The Bertz CT molecular complexity index is 1340. The fraction of sp³-hybridized carbons (Fsp3) is 0.483. The molecule has 2 N–H and O–H groups in total. The average Bonchev–Trinajstić information content (AvgIpc) is 3.27. The van der Waals surface area contributed by atoms with Gasteiger partial charge in [0.15, 0.2) is 12.3 Å². The predicted octanol–water partition coefficient (Wildman–Crippen LogP) is 7.35. The van der Waals surface area contributed by atoms with Gasteiger partial charge in [0, 0.05) is 36.2 Å². The van der Waals surface area contributed by atoms with Crippen molar-refractivity contribution >= 4 is 52.5 Å². The number of carbonyl (C=O) groups is 2. The molecule has 0 fully saturated rings. The third-order valence-corrected chi connectivity index (χ3v) is 7.21. The van der Waals surface area contributed by atoms with E-state index in [1.807, 2.05) is 0 Å². The van der Waals surface area contributed by atoms with Crippen LogP contribution in [0.2, 0.25) is 5.02 Å². The largest absolute Gasteiger partial charge is 0.480 e. The summed E-state index contributed by atoms with van der Waals surface area (Å²) in [6.07, 6.45) is 8.01. The van der Waals surface area contributed by atoms with Crippen LogP contribution in [0.3, 0.4) is 0 Å². The number of amides is 1. The Balaban J connectivity index is 1.86. The minimum atomic E-state index is -0.722. The van der Waals surface area contributed by atoms with E-state index < -0.39 is 11.6 Å². The van der Waals surface area contributed by atoms with Gasteiger partial charge in [0.05, 0.1) is 23.2 Å². The second kappa shape index (κ2) is 14.2. The number of carbonyl (C=O) groups excluding carboxylic acids is 2. The Hall–Kier alpha value is -2.82. The van der Waals surface area contributed by atoms with Crippen LogP contribution in [0.4, 0.5) is 9.70 Å². The highest BCUT2D eigenvalue weighted by Crippen LogP contribution is 2.40. The second-order valence-corrected chi connectivity index (χ2v) is 11.6. The molecule has 8 nitrogen and oxygen atoms in total. The number of benzene rings is 1. The number of hydrogen-bond donors (Lipinski definition) is 1. The van der Waals surface area contributed by atoms with Gasteiger partial charge in [-0.05, 0) is 64.4 Å². The summed E-state index contributed by atoms with van der Waals surface area (Å²) >= 11 is 6.60. The first kappa shape index (κ1) is 31.7. The van der Waals surface area contributed by atoms with Crippen molar-refractivity contribution in [1.29, 1.82) is 0 Å². The van der Waals surface area contributed by atoms with E-state index in [0.717, 1.165) is 45.1 Å². The van der Waals surface area contributed by atoms with E-state index in [-0.39, 0.29) is 29.7 Å². The van der Waals surface area contributed by atoms with Crippen LogP contribution in [0.15, 0.2) is 30.5 Å². The molecule has 3 rings (SSSR count). The molecule has 2 heterocycles. The number of pyridine rings is 1. The molecule has 0 saturated heterocycles. The van der Waals surface area contributed by atoms with Gasteiger partial charge in [0.2, 0.25) is 11.8 Å². The number of fused-ring (bicyclic) bond motifs is 1. The van der Waals surface area contributed by atoms with Crippen LogP contribution >= 0.6 is 23.9 Å². The average molecular weight is 593 g/mol. The molecule has 0 aliphatic rings. The normalized spacial score (nSPS) is 11.6. The molecule has 0 bridgehead atoms. The van der Waals surface area contributed by atoms with Gasteiger partial charge in [-0.15, -0.1) is 3.89 Å². The minimum Gasteiger partial charge on any atom is -0.480 e. The number of ether oxygens (including phenoxy) is 2. The number of hydrogen-bond acceptors (Lipinski definition) is 7. The van der Waals surface area contributed by atoms with E-state index in [1.54, 1.807) is 52.1 Å². The number of unbranched alkanes of at least 4 members (excludes halogenated alkanes) is 5. The van der Waals surface area contributed by atoms with Gasteiger partial charge in [0.1, 0.15) is 11.4 Å². The summed E-state index contributed by atoms with van der Waals surface area (Å²) in [6, 6.07) is 6.78. The molecule has 1 amide bonds. The summed E-state index contributed by atoms with van der Waals surface area (Å²) in [5.41, 5.74) is 6.55. The highest BCUT2D eigenvalue weighted by atomic mass is 35.5. The van der Waals surface area contributed by atoms with Crippen molar-refractivity contribution in [1.82, 2.24) is 8.96 Å². The summed E-state index contributed by atoms with van der Waals surface area (Å²) < 4.78 is 26.0. The van der Waals surface area contributed by atoms with E-state index in [2.05, 4.69) is 4.98 Å². The monoisotopic (exact) mass is 592 g/mol.